The molecule has 8 nitrogen and oxygen atoms in total. The quantitative estimate of drug-likeness (QED) is 0.552. The van der Waals surface area contributed by atoms with Gasteiger partial charge in [-0.15, -0.1) is 0 Å². The lowest BCUT2D eigenvalue weighted by Crippen LogP contribution is -2.46. The molecule has 2 aromatic rings. The van der Waals surface area contributed by atoms with E-state index in [9.17, 15) is 10.1 Å². The molecule has 3 rings (SSSR count). The van der Waals surface area contributed by atoms with Crippen molar-refractivity contribution in [2.75, 3.05) is 46.3 Å². The van der Waals surface area contributed by atoms with Crippen molar-refractivity contribution in [3.05, 3.63) is 46.1 Å². The lowest BCUT2D eigenvalue weighted by Gasteiger charge is -2.34. The average Bonchev–Trinajstić information content (AvgIpc) is 3.04. The van der Waals surface area contributed by atoms with E-state index in [0.29, 0.717) is 5.92 Å². The first-order chi connectivity index (χ1) is 13.4. The van der Waals surface area contributed by atoms with Gasteiger partial charge in [-0.25, -0.2) is 0 Å². The molecule has 1 fully saturated rings. The zero-order valence-electron chi connectivity index (χ0n) is 17.0. The first kappa shape index (κ1) is 20.4. The minimum absolute atomic E-state index is 0.0945. The minimum atomic E-state index is -0.383. The van der Waals surface area contributed by atoms with Crippen LogP contribution in [-0.2, 0) is 13.6 Å². The fourth-order valence-corrected chi connectivity index (χ4v) is 3.64. The second-order valence-electron chi connectivity index (χ2n) is 7.82. The highest BCUT2D eigenvalue weighted by Crippen LogP contribution is 2.24. The minimum Gasteiger partial charge on any atom is -0.312 e. The molecule has 0 saturated carbocycles. The van der Waals surface area contributed by atoms with Crippen LogP contribution >= 0.6 is 0 Å². The molecule has 28 heavy (non-hydrogen) atoms. The zero-order chi connectivity index (χ0) is 20.1. The van der Waals surface area contributed by atoms with Gasteiger partial charge in [-0.05, 0) is 31.6 Å². The Morgan fingerprint density at radius 1 is 1.18 bits per heavy atom. The summed E-state index contributed by atoms with van der Waals surface area (Å²) in [4.78, 5) is 15.4. The van der Waals surface area contributed by atoms with Gasteiger partial charge in [0.2, 0.25) is 0 Å². The second kappa shape index (κ2) is 9.27. The van der Waals surface area contributed by atoms with Gasteiger partial charge in [0, 0.05) is 75.8 Å². The summed E-state index contributed by atoms with van der Waals surface area (Å²) < 4.78 is 1.79. The molecule has 0 aliphatic carbocycles. The summed E-state index contributed by atoms with van der Waals surface area (Å²) in [5.74, 6) is 0.572. The Morgan fingerprint density at radius 3 is 2.50 bits per heavy atom. The van der Waals surface area contributed by atoms with Crippen LogP contribution in [0.2, 0.25) is 0 Å². The van der Waals surface area contributed by atoms with Crippen LogP contribution < -0.4 is 5.32 Å². The van der Waals surface area contributed by atoms with Crippen molar-refractivity contribution in [2.24, 2.45) is 13.0 Å². The Labute approximate surface area is 166 Å². The molecule has 1 aliphatic rings. The summed E-state index contributed by atoms with van der Waals surface area (Å²) in [7, 11) is 4.08. The van der Waals surface area contributed by atoms with Gasteiger partial charge in [-0.2, -0.15) is 5.10 Å². The van der Waals surface area contributed by atoms with Crippen LogP contribution in [0, 0.1) is 16.0 Å². The molecule has 1 unspecified atom stereocenters. The topological polar surface area (TPSA) is 79.5 Å². The third-order valence-corrected chi connectivity index (χ3v) is 5.23. The largest absolute Gasteiger partial charge is 0.312 e. The Morgan fingerprint density at radius 2 is 1.86 bits per heavy atom. The van der Waals surface area contributed by atoms with Crippen molar-refractivity contribution in [1.82, 2.24) is 24.9 Å². The first-order valence-corrected chi connectivity index (χ1v) is 9.81. The number of piperazine rings is 1. The predicted octanol–water partition coefficient (Wildman–Crippen LogP) is 1.97. The summed E-state index contributed by atoms with van der Waals surface area (Å²) in [5.41, 5.74) is 2.96. The maximum absolute atomic E-state index is 10.9. The molecule has 1 aromatic carbocycles. The number of nitro benzene ring substituents is 1. The van der Waals surface area contributed by atoms with Crippen LogP contribution in [0.1, 0.15) is 12.5 Å². The van der Waals surface area contributed by atoms with E-state index in [0.717, 1.165) is 62.6 Å². The molecule has 0 spiro atoms. The van der Waals surface area contributed by atoms with Gasteiger partial charge < -0.3 is 15.1 Å². The first-order valence-electron chi connectivity index (χ1n) is 9.81. The Bertz CT molecular complexity index is 780. The lowest BCUT2D eigenvalue weighted by atomic mass is 10.1. The van der Waals surface area contributed by atoms with Crippen LogP contribution in [0.25, 0.3) is 11.3 Å². The highest BCUT2D eigenvalue weighted by Gasteiger charge is 2.16. The van der Waals surface area contributed by atoms with Crippen LogP contribution in [0.15, 0.2) is 30.5 Å². The normalized spacial score (nSPS) is 17.0. The molecule has 1 saturated heterocycles. The number of nitrogens with one attached hydrogen (secondary N) is 1. The highest BCUT2D eigenvalue weighted by molar-refractivity contribution is 5.64. The molecule has 1 aliphatic heterocycles. The zero-order valence-corrected chi connectivity index (χ0v) is 17.0. The maximum Gasteiger partial charge on any atom is 0.269 e. The van der Waals surface area contributed by atoms with Crippen molar-refractivity contribution in [2.45, 2.75) is 13.5 Å². The molecule has 1 aromatic heterocycles. The number of nitrogens with zero attached hydrogens (tertiary/aromatic N) is 5. The maximum atomic E-state index is 10.9. The predicted molar refractivity (Wildman–Crippen MR) is 110 cm³/mol. The summed E-state index contributed by atoms with van der Waals surface area (Å²) in [5, 5.41) is 19.0. The van der Waals surface area contributed by atoms with Gasteiger partial charge in [-0.1, -0.05) is 6.92 Å². The van der Waals surface area contributed by atoms with Gasteiger partial charge in [0.05, 0.1) is 10.6 Å². The summed E-state index contributed by atoms with van der Waals surface area (Å²) in [6.07, 6.45) is 2.01. The van der Waals surface area contributed by atoms with Crippen LogP contribution in [0.5, 0.6) is 0 Å². The molecule has 0 radical (unpaired) electrons. The van der Waals surface area contributed by atoms with Crippen molar-refractivity contribution >= 4 is 5.69 Å². The molecule has 8 heteroatoms. The Balaban J connectivity index is 1.54. The van der Waals surface area contributed by atoms with E-state index in [2.05, 4.69) is 34.2 Å². The number of benzene rings is 1. The molecule has 1 atom stereocenters. The summed E-state index contributed by atoms with van der Waals surface area (Å²) in [6.45, 7) is 9.66. The van der Waals surface area contributed by atoms with Gasteiger partial charge in [0.15, 0.2) is 0 Å². The number of nitro groups is 1. The summed E-state index contributed by atoms with van der Waals surface area (Å²) >= 11 is 0. The molecular formula is C20H30N6O2. The van der Waals surface area contributed by atoms with Crippen LogP contribution in [0.4, 0.5) is 5.69 Å². The fourth-order valence-electron chi connectivity index (χ4n) is 3.64. The van der Waals surface area contributed by atoms with E-state index < -0.39 is 0 Å². The van der Waals surface area contributed by atoms with Crippen LogP contribution in [0.3, 0.4) is 0 Å². The average molecular weight is 387 g/mol. The SMILES string of the molecule is CC(CNCc1cn(C)nc1-c1ccc([N+](=O)[O-])cc1)CN1CCN(C)CC1. The van der Waals surface area contributed by atoms with Crippen molar-refractivity contribution in [3.8, 4) is 11.3 Å². The standard InChI is InChI=1S/C20H30N6O2/c1-16(14-25-10-8-23(2)9-11-25)12-21-13-18-15-24(3)22-20(18)17-4-6-19(7-5-17)26(27)28/h4-7,15-16,21H,8-14H2,1-3H3. The van der Waals surface area contributed by atoms with E-state index >= 15 is 0 Å². The molecule has 0 bridgehead atoms. The van der Waals surface area contributed by atoms with Gasteiger partial charge in [-0.3, -0.25) is 14.8 Å². The number of hydrogen-bond acceptors (Lipinski definition) is 6. The van der Waals surface area contributed by atoms with Gasteiger partial charge >= 0.3 is 0 Å². The molecule has 152 valence electrons. The Hall–Kier alpha value is -2.29. The molecule has 1 N–H and O–H groups in total. The van der Waals surface area contributed by atoms with E-state index in [1.807, 2.05) is 13.2 Å². The van der Waals surface area contributed by atoms with E-state index in [4.69, 9.17) is 0 Å². The summed E-state index contributed by atoms with van der Waals surface area (Å²) in [6, 6.07) is 6.58. The Kier molecular flexibility index (Phi) is 6.77. The third-order valence-electron chi connectivity index (χ3n) is 5.23. The lowest BCUT2D eigenvalue weighted by molar-refractivity contribution is -0.384. The number of hydrogen-bond donors (Lipinski definition) is 1. The van der Waals surface area contributed by atoms with Gasteiger partial charge in [0.1, 0.15) is 0 Å². The van der Waals surface area contributed by atoms with E-state index in [-0.39, 0.29) is 10.6 Å². The van der Waals surface area contributed by atoms with Crippen LogP contribution in [-0.4, -0.2) is 70.8 Å². The van der Waals surface area contributed by atoms with Crippen molar-refractivity contribution in [1.29, 1.82) is 0 Å². The second-order valence-corrected chi connectivity index (χ2v) is 7.82. The number of likely N-dealkylation sites (N-methyl/N-ethyl adjacent to an activating group) is 1. The smallest absolute Gasteiger partial charge is 0.269 e. The molecular weight excluding hydrogens is 356 g/mol. The van der Waals surface area contributed by atoms with Crippen molar-refractivity contribution in [3.63, 3.8) is 0 Å². The number of aryl methyl sites for hydroxylation is 1. The molecule has 2 heterocycles. The highest BCUT2D eigenvalue weighted by atomic mass is 16.6. The van der Waals surface area contributed by atoms with E-state index in [1.165, 1.54) is 12.1 Å². The number of rotatable bonds is 8. The number of non-ortho nitro benzene ring substituents is 1. The van der Waals surface area contributed by atoms with E-state index in [1.54, 1.807) is 16.8 Å². The fraction of sp³-hybridized carbons (Fsp3) is 0.550. The van der Waals surface area contributed by atoms with Crippen molar-refractivity contribution < 1.29 is 4.92 Å². The molecule has 0 amide bonds. The monoisotopic (exact) mass is 386 g/mol. The number of aromatic nitrogens is 2. The third kappa shape index (κ3) is 5.37. The van der Waals surface area contributed by atoms with Gasteiger partial charge in [0.25, 0.3) is 5.69 Å².